The fourth-order valence-electron chi connectivity index (χ4n) is 5.30. The van der Waals surface area contributed by atoms with Gasteiger partial charge in [0, 0.05) is 31.7 Å². The molecule has 0 aromatic heterocycles. The summed E-state index contributed by atoms with van der Waals surface area (Å²) in [4.78, 5) is 28.9. The van der Waals surface area contributed by atoms with E-state index in [2.05, 4.69) is 35.4 Å². The molecule has 212 valence electrons. The molecule has 4 aromatic rings. The molecule has 1 heterocycles. The van der Waals surface area contributed by atoms with Crippen LogP contribution >= 0.6 is 0 Å². The number of hydrogen-bond donors (Lipinski definition) is 2. The Labute approximate surface area is 241 Å². The molecule has 0 unspecified atom stereocenters. The van der Waals surface area contributed by atoms with Crippen LogP contribution in [0.3, 0.4) is 0 Å². The maximum Gasteiger partial charge on any atom is 0.255 e. The van der Waals surface area contributed by atoms with Crippen LogP contribution < -0.4 is 20.1 Å². The molecule has 0 saturated carbocycles. The van der Waals surface area contributed by atoms with Crippen molar-refractivity contribution in [1.29, 1.82) is 0 Å². The largest absolute Gasteiger partial charge is 0.493 e. The lowest BCUT2D eigenvalue weighted by molar-refractivity contribution is 0.0948. The van der Waals surface area contributed by atoms with E-state index in [1.54, 1.807) is 14.2 Å². The number of methoxy groups -OCH3 is 2. The first-order chi connectivity index (χ1) is 19.9. The van der Waals surface area contributed by atoms with Crippen LogP contribution in [0.1, 0.15) is 57.2 Å². The van der Waals surface area contributed by atoms with Crippen molar-refractivity contribution in [2.45, 2.75) is 32.7 Å². The van der Waals surface area contributed by atoms with Gasteiger partial charge in [0.05, 0.1) is 25.5 Å². The Balaban J connectivity index is 1.28. The Kier molecular flexibility index (Phi) is 8.55. The van der Waals surface area contributed by atoms with Gasteiger partial charge in [0.2, 0.25) is 0 Å². The first kappa shape index (κ1) is 28.2. The van der Waals surface area contributed by atoms with E-state index in [-0.39, 0.29) is 11.8 Å². The molecule has 0 spiro atoms. The van der Waals surface area contributed by atoms with Crippen LogP contribution in [-0.4, -0.2) is 50.6 Å². The van der Waals surface area contributed by atoms with Crippen molar-refractivity contribution in [3.63, 3.8) is 0 Å². The zero-order valence-electron chi connectivity index (χ0n) is 24.1. The Hall–Kier alpha value is -4.36. The molecule has 0 fully saturated rings. The Morgan fingerprint density at radius 3 is 2.17 bits per heavy atom. The summed E-state index contributed by atoms with van der Waals surface area (Å²) in [6.07, 6.45) is 0.905. The van der Waals surface area contributed by atoms with Gasteiger partial charge in [-0.25, -0.2) is 0 Å². The highest BCUT2D eigenvalue weighted by atomic mass is 16.5. The summed E-state index contributed by atoms with van der Waals surface area (Å²) >= 11 is 0. The third-order valence-corrected chi connectivity index (χ3v) is 7.73. The van der Waals surface area contributed by atoms with Gasteiger partial charge in [-0.1, -0.05) is 50.2 Å². The molecule has 5 rings (SSSR count). The Morgan fingerprint density at radius 2 is 1.51 bits per heavy atom. The van der Waals surface area contributed by atoms with E-state index in [9.17, 15) is 9.59 Å². The topological polar surface area (TPSA) is 79.9 Å². The zero-order valence-corrected chi connectivity index (χ0v) is 24.1. The number of amides is 2. The fourth-order valence-corrected chi connectivity index (χ4v) is 5.30. The summed E-state index contributed by atoms with van der Waals surface area (Å²) in [7, 11) is 3.30. The molecule has 1 aliphatic heterocycles. The van der Waals surface area contributed by atoms with Gasteiger partial charge in [0.25, 0.3) is 11.8 Å². The average molecular weight is 552 g/mol. The number of benzene rings is 4. The molecule has 41 heavy (non-hydrogen) atoms. The number of anilines is 1. The lowest BCUT2D eigenvalue weighted by Crippen LogP contribution is -2.38. The van der Waals surface area contributed by atoms with E-state index >= 15 is 0 Å². The molecular weight excluding hydrogens is 514 g/mol. The molecule has 7 nitrogen and oxygen atoms in total. The number of carbonyl (C=O) groups excluding carboxylic acids is 2. The summed E-state index contributed by atoms with van der Waals surface area (Å²) in [6.45, 7) is 7.10. The van der Waals surface area contributed by atoms with Gasteiger partial charge >= 0.3 is 0 Å². The first-order valence-corrected chi connectivity index (χ1v) is 14.0. The van der Waals surface area contributed by atoms with Crippen molar-refractivity contribution in [2.75, 3.05) is 39.2 Å². The molecule has 1 aliphatic rings. The summed E-state index contributed by atoms with van der Waals surface area (Å²) in [5.41, 5.74) is 5.13. The third-order valence-electron chi connectivity index (χ3n) is 7.73. The van der Waals surface area contributed by atoms with Gasteiger partial charge in [-0.15, -0.1) is 0 Å². The van der Waals surface area contributed by atoms with Crippen molar-refractivity contribution in [3.05, 3.63) is 101 Å². The van der Waals surface area contributed by atoms with Crippen molar-refractivity contribution >= 4 is 28.3 Å². The Bertz CT molecular complexity index is 1560. The first-order valence-electron chi connectivity index (χ1n) is 14.0. The van der Waals surface area contributed by atoms with Crippen LogP contribution in [0.4, 0.5) is 5.69 Å². The van der Waals surface area contributed by atoms with Crippen molar-refractivity contribution < 1.29 is 19.1 Å². The van der Waals surface area contributed by atoms with E-state index in [4.69, 9.17) is 9.47 Å². The monoisotopic (exact) mass is 551 g/mol. The van der Waals surface area contributed by atoms with E-state index in [0.717, 1.165) is 41.8 Å². The summed E-state index contributed by atoms with van der Waals surface area (Å²) in [5.74, 6) is 1.39. The molecule has 0 atom stereocenters. The highest BCUT2D eigenvalue weighted by Crippen LogP contribution is 2.33. The number of carbonyl (C=O) groups is 2. The minimum Gasteiger partial charge on any atom is -0.493 e. The van der Waals surface area contributed by atoms with Gasteiger partial charge in [-0.05, 0) is 76.2 Å². The molecule has 0 bridgehead atoms. The van der Waals surface area contributed by atoms with Gasteiger partial charge in [0.15, 0.2) is 11.5 Å². The summed E-state index contributed by atoms with van der Waals surface area (Å²) < 4.78 is 10.9. The lowest BCUT2D eigenvalue weighted by Gasteiger charge is -2.29. The van der Waals surface area contributed by atoms with Gasteiger partial charge in [0.1, 0.15) is 0 Å². The van der Waals surface area contributed by atoms with Gasteiger partial charge < -0.3 is 20.1 Å². The molecule has 2 N–H and O–H groups in total. The normalized spacial score (nSPS) is 13.1. The molecule has 0 saturated heterocycles. The summed E-state index contributed by atoms with van der Waals surface area (Å²) in [6, 6.07) is 23.2. The molecule has 2 amide bonds. The van der Waals surface area contributed by atoms with Crippen LogP contribution in [0.15, 0.2) is 72.8 Å². The minimum atomic E-state index is -0.247. The highest BCUT2D eigenvalue weighted by molar-refractivity contribution is 6.11. The number of nitrogens with zero attached hydrogens (tertiary/aromatic N) is 1. The predicted molar refractivity (Wildman–Crippen MR) is 163 cm³/mol. The molecule has 0 aliphatic carbocycles. The van der Waals surface area contributed by atoms with Crippen LogP contribution in [0, 0.1) is 0 Å². The Morgan fingerprint density at radius 1 is 0.854 bits per heavy atom. The maximum atomic E-state index is 13.4. The number of nitrogens with one attached hydrogen (secondary N) is 2. The predicted octanol–water partition coefficient (Wildman–Crippen LogP) is 6.02. The van der Waals surface area contributed by atoms with E-state index in [1.807, 2.05) is 66.7 Å². The second-order valence-corrected chi connectivity index (χ2v) is 10.7. The van der Waals surface area contributed by atoms with E-state index in [0.29, 0.717) is 35.8 Å². The minimum absolute atomic E-state index is 0.218. The second-order valence-electron chi connectivity index (χ2n) is 10.7. The smallest absolute Gasteiger partial charge is 0.255 e. The molecule has 7 heteroatoms. The summed E-state index contributed by atoms with van der Waals surface area (Å²) in [5, 5.41) is 7.95. The quantitative estimate of drug-likeness (QED) is 0.266. The average Bonchev–Trinajstić information content (AvgIpc) is 2.99. The van der Waals surface area contributed by atoms with Crippen molar-refractivity contribution in [1.82, 2.24) is 10.2 Å². The second kappa shape index (κ2) is 12.4. The van der Waals surface area contributed by atoms with Crippen LogP contribution in [-0.2, 0) is 13.0 Å². The van der Waals surface area contributed by atoms with Crippen molar-refractivity contribution in [3.8, 4) is 11.5 Å². The zero-order chi connectivity index (χ0) is 28.9. The molecule has 0 radical (unpaired) electrons. The van der Waals surface area contributed by atoms with Crippen LogP contribution in [0.5, 0.6) is 11.5 Å². The third kappa shape index (κ3) is 6.36. The lowest BCUT2D eigenvalue weighted by atomic mass is 9.99. The van der Waals surface area contributed by atoms with Crippen LogP contribution in [0.2, 0.25) is 0 Å². The van der Waals surface area contributed by atoms with Crippen molar-refractivity contribution in [2.24, 2.45) is 0 Å². The standard InChI is InChI=1S/C34H37N3O4/c1-22(2)23-9-11-24(12-10-23)33(38)36-30-18-26-8-6-5-7-25(26)17-29(30)34(39)35-14-16-37-15-13-27-19-31(40-3)32(41-4)20-28(27)21-37/h5-12,17-20,22H,13-16,21H2,1-4H3,(H,35,39)(H,36,38). The SMILES string of the molecule is COc1cc2c(cc1OC)CN(CCNC(=O)c1cc3ccccc3cc1NC(=O)c1ccc(C(C)C)cc1)CC2. The molecular formula is C34H37N3O4. The van der Waals surface area contributed by atoms with E-state index < -0.39 is 0 Å². The highest BCUT2D eigenvalue weighted by Gasteiger charge is 2.20. The van der Waals surface area contributed by atoms with Gasteiger partial charge in [-0.3, -0.25) is 14.5 Å². The number of hydrogen-bond acceptors (Lipinski definition) is 5. The fraction of sp³-hybridized carbons (Fsp3) is 0.294. The van der Waals surface area contributed by atoms with Crippen LogP contribution in [0.25, 0.3) is 10.8 Å². The number of rotatable bonds is 9. The van der Waals surface area contributed by atoms with Gasteiger partial charge in [-0.2, -0.15) is 0 Å². The molecule has 4 aromatic carbocycles. The number of ether oxygens (including phenoxy) is 2. The maximum absolute atomic E-state index is 13.4. The van der Waals surface area contributed by atoms with E-state index in [1.165, 1.54) is 16.7 Å². The number of fused-ring (bicyclic) bond motifs is 2.